The standard InChI is InChI=1S/C18H34O5/c1-2-3-4-5-6-7-8-9-10-11-12-22-18-15(20)14-23-16(13-19)17(18)21/h8-9,15-21H,2-7,10-14H2,1H3/b9-8+/t15-,16+,17+,18+/m0/s1. The average molecular weight is 330 g/mol. The fourth-order valence-electron chi connectivity index (χ4n) is 2.75. The number of rotatable bonds is 12. The van der Waals surface area contributed by atoms with Crippen molar-refractivity contribution < 1.29 is 24.8 Å². The molecule has 0 radical (unpaired) electrons. The molecule has 1 rings (SSSR count). The summed E-state index contributed by atoms with van der Waals surface area (Å²) >= 11 is 0. The van der Waals surface area contributed by atoms with E-state index in [0.717, 1.165) is 19.3 Å². The molecule has 136 valence electrons. The Balaban J connectivity index is 2.05. The molecular formula is C18H34O5. The van der Waals surface area contributed by atoms with Crippen molar-refractivity contribution in [3.05, 3.63) is 12.2 Å². The first-order valence-corrected chi connectivity index (χ1v) is 9.05. The lowest BCUT2D eigenvalue weighted by molar-refractivity contribution is -0.210. The maximum atomic E-state index is 9.98. The molecule has 1 heterocycles. The Kier molecular flexibility index (Phi) is 11.5. The number of ether oxygens (including phenoxy) is 2. The number of aliphatic hydroxyl groups is 3. The van der Waals surface area contributed by atoms with Crippen LogP contribution in [0.4, 0.5) is 0 Å². The number of hydrogen-bond donors (Lipinski definition) is 3. The summed E-state index contributed by atoms with van der Waals surface area (Å²) in [5.74, 6) is 0. The van der Waals surface area contributed by atoms with Crippen LogP contribution in [0.15, 0.2) is 12.2 Å². The molecule has 3 N–H and O–H groups in total. The second-order valence-electron chi connectivity index (χ2n) is 6.26. The van der Waals surface area contributed by atoms with E-state index in [-0.39, 0.29) is 13.2 Å². The highest BCUT2D eigenvalue weighted by Gasteiger charge is 2.38. The van der Waals surface area contributed by atoms with Crippen LogP contribution in [-0.4, -0.2) is 59.6 Å². The summed E-state index contributed by atoms with van der Waals surface area (Å²) in [6.07, 6.45) is 10.7. The Morgan fingerprint density at radius 2 is 1.74 bits per heavy atom. The number of hydrogen-bond acceptors (Lipinski definition) is 5. The summed E-state index contributed by atoms with van der Waals surface area (Å²) in [5, 5.41) is 28.9. The summed E-state index contributed by atoms with van der Waals surface area (Å²) in [6, 6.07) is 0. The normalized spacial score (nSPS) is 28.5. The maximum absolute atomic E-state index is 9.98. The van der Waals surface area contributed by atoms with Crippen molar-refractivity contribution in [2.24, 2.45) is 0 Å². The minimum atomic E-state index is -0.984. The minimum absolute atomic E-state index is 0.0882. The quantitative estimate of drug-likeness (QED) is 0.377. The van der Waals surface area contributed by atoms with Gasteiger partial charge in [-0.1, -0.05) is 44.8 Å². The zero-order valence-corrected chi connectivity index (χ0v) is 14.4. The molecule has 5 nitrogen and oxygen atoms in total. The lowest BCUT2D eigenvalue weighted by Gasteiger charge is -2.37. The number of allylic oxidation sites excluding steroid dienone is 2. The van der Waals surface area contributed by atoms with E-state index in [1.54, 1.807) is 0 Å². The lowest BCUT2D eigenvalue weighted by Crippen LogP contribution is -2.55. The van der Waals surface area contributed by atoms with Gasteiger partial charge in [0.25, 0.3) is 0 Å². The van der Waals surface area contributed by atoms with Crippen LogP contribution in [0.2, 0.25) is 0 Å². The van der Waals surface area contributed by atoms with E-state index in [4.69, 9.17) is 14.6 Å². The summed E-state index contributed by atoms with van der Waals surface area (Å²) in [6.45, 7) is 2.53. The van der Waals surface area contributed by atoms with E-state index in [1.165, 1.54) is 32.1 Å². The highest BCUT2D eigenvalue weighted by molar-refractivity contribution is 4.88. The second-order valence-corrected chi connectivity index (χ2v) is 6.26. The highest BCUT2D eigenvalue weighted by Crippen LogP contribution is 2.18. The van der Waals surface area contributed by atoms with Crippen molar-refractivity contribution >= 4 is 0 Å². The molecule has 1 fully saturated rings. The van der Waals surface area contributed by atoms with Gasteiger partial charge in [0.1, 0.15) is 24.4 Å². The number of aliphatic hydroxyl groups excluding tert-OH is 3. The molecule has 0 amide bonds. The van der Waals surface area contributed by atoms with Gasteiger partial charge < -0.3 is 24.8 Å². The molecule has 0 aliphatic carbocycles. The Labute approximate surface area is 140 Å². The lowest BCUT2D eigenvalue weighted by atomic mass is 10.0. The van der Waals surface area contributed by atoms with Gasteiger partial charge in [-0.05, 0) is 25.7 Å². The van der Waals surface area contributed by atoms with Gasteiger partial charge in [-0.15, -0.1) is 0 Å². The van der Waals surface area contributed by atoms with Crippen molar-refractivity contribution in [3.8, 4) is 0 Å². The largest absolute Gasteiger partial charge is 0.394 e. The summed E-state index contributed by atoms with van der Waals surface area (Å²) in [5.41, 5.74) is 0. The van der Waals surface area contributed by atoms with Crippen molar-refractivity contribution in [1.82, 2.24) is 0 Å². The van der Waals surface area contributed by atoms with E-state index in [1.807, 2.05) is 0 Å². The zero-order chi connectivity index (χ0) is 16.9. The van der Waals surface area contributed by atoms with E-state index in [0.29, 0.717) is 6.61 Å². The van der Waals surface area contributed by atoms with E-state index in [9.17, 15) is 10.2 Å². The Bertz CT molecular complexity index is 308. The first-order chi connectivity index (χ1) is 11.2. The zero-order valence-electron chi connectivity index (χ0n) is 14.4. The van der Waals surface area contributed by atoms with Crippen LogP contribution in [0.5, 0.6) is 0 Å². The molecule has 1 aliphatic heterocycles. The fraction of sp³-hybridized carbons (Fsp3) is 0.889. The SMILES string of the molecule is CCCCCCC/C=C/CCCO[C@H]1[C@H](O)[C@@H](CO)OC[C@@H]1O. The van der Waals surface area contributed by atoms with Gasteiger partial charge in [-0.3, -0.25) is 0 Å². The molecule has 23 heavy (non-hydrogen) atoms. The van der Waals surface area contributed by atoms with Crippen LogP contribution in [0, 0.1) is 0 Å². The summed E-state index contributed by atoms with van der Waals surface area (Å²) in [4.78, 5) is 0. The van der Waals surface area contributed by atoms with Crippen molar-refractivity contribution in [2.75, 3.05) is 19.8 Å². The molecule has 0 bridgehead atoms. The van der Waals surface area contributed by atoms with E-state index >= 15 is 0 Å². The van der Waals surface area contributed by atoms with Crippen molar-refractivity contribution in [1.29, 1.82) is 0 Å². The minimum Gasteiger partial charge on any atom is -0.394 e. The van der Waals surface area contributed by atoms with E-state index < -0.39 is 24.4 Å². The predicted molar refractivity (Wildman–Crippen MR) is 90.3 cm³/mol. The van der Waals surface area contributed by atoms with Gasteiger partial charge in [-0.25, -0.2) is 0 Å². The summed E-state index contributed by atoms with van der Waals surface area (Å²) in [7, 11) is 0. The molecule has 1 aliphatic rings. The van der Waals surface area contributed by atoms with Crippen LogP contribution in [0.25, 0.3) is 0 Å². The molecular weight excluding hydrogens is 296 g/mol. The molecule has 0 saturated carbocycles. The van der Waals surface area contributed by atoms with E-state index in [2.05, 4.69) is 19.1 Å². The Morgan fingerprint density at radius 1 is 1.04 bits per heavy atom. The molecule has 1 saturated heterocycles. The third kappa shape index (κ3) is 8.27. The maximum Gasteiger partial charge on any atom is 0.114 e. The molecule has 0 aromatic rings. The molecule has 0 aromatic carbocycles. The van der Waals surface area contributed by atoms with Crippen LogP contribution in [-0.2, 0) is 9.47 Å². The fourth-order valence-corrected chi connectivity index (χ4v) is 2.75. The topological polar surface area (TPSA) is 79.2 Å². The molecule has 0 unspecified atom stereocenters. The average Bonchev–Trinajstić information content (AvgIpc) is 2.55. The van der Waals surface area contributed by atoms with Gasteiger partial charge in [-0.2, -0.15) is 0 Å². The molecule has 5 heteroatoms. The third-order valence-electron chi connectivity index (χ3n) is 4.22. The third-order valence-corrected chi connectivity index (χ3v) is 4.22. The second kappa shape index (κ2) is 12.9. The van der Waals surface area contributed by atoms with Gasteiger partial charge in [0.05, 0.1) is 13.2 Å². The van der Waals surface area contributed by atoms with Gasteiger partial charge in [0.2, 0.25) is 0 Å². The van der Waals surface area contributed by atoms with Crippen LogP contribution >= 0.6 is 0 Å². The van der Waals surface area contributed by atoms with Crippen molar-refractivity contribution in [2.45, 2.75) is 82.7 Å². The monoisotopic (exact) mass is 330 g/mol. The molecule has 0 aromatic heterocycles. The first-order valence-electron chi connectivity index (χ1n) is 9.05. The van der Waals surface area contributed by atoms with Crippen molar-refractivity contribution in [3.63, 3.8) is 0 Å². The predicted octanol–water partition coefficient (Wildman–Crippen LogP) is 2.18. The van der Waals surface area contributed by atoms with Gasteiger partial charge >= 0.3 is 0 Å². The van der Waals surface area contributed by atoms with Gasteiger partial charge in [0, 0.05) is 6.61 Å². The smallest absolute Gasteiger partial charge is 0.114 e. The number of unbranched alkanes of at least 4 members (excludes halogenated alkanes) is 6. The van der Waals surface area contributed by atoms with Gasteiger partial charge in [0.15, 0.2) is 0 Å². The van der Waals surface area contributed by atoms with Crippen LogP contribution in [0.3, 0.4) is 0 Å². The Morgan fingerprint density at radius 3 is 2.43 bits per heavy atom. The summed E-state index contributed by atoms with van der Waals surface area (Å²) < 4.78 is 10.7. The molecule has 4 atom stereocenters. The highest BCUT2D eigenvalue weighted by atomic mass is 16.6. The van der Waals surface area contributed by atoms with Crippen LogP contribution < -0.4 is 0 Å². The molecule has 0 spiro atoms. The van der Waals surface area contributed by atoms with Crippen LogP contribution in [0.1, 0.15) is 58.3 Å². The Hall–Kier alpha value is -0.460. The first kappa shape index (κ1) is 20.6.